The van der Waals surface area contributed by atoms with Gasteiger partial charge in [-0.3, -0.25) is 9.79 Å². The van der Waals surface area contributed by atoms with Gasteiger partial charge in [0.2, 0.25) is 5.91 Å². The van der Waals surface area contributed by atoms with Gasteiger partial charge in [-0.05, 0) is 18.4 Å². The molecule has 1 aromatic rings. The van der Waals surface area contributed by atoms with Gasteiger partial charge in [-0.1, -0.05) is 39.0 Å². The molecule has 0 aliphatic carbocycles. The summed E-state index contributed by atoms with van der Waals surface area (Å²) in [7, 11) is 1.76. The fourth-order valence-corrected chi connectivity index (χ4v) is 2.94. The number of para-hydroxylation sites is 1. The van der Waals surface area contributed by atoms with Crippen molar-refractivity contribution in [2.24, 2.45) is 10.9 Å². The fraction of sp³-hybridized carbons (Fsp3) is 0.600. The van der Waals surface area contributed by atoms with Crippen LogP contribution in [-0.2, 0) is 11.3 Å². The van der Waals surface area contributed by atoms with E-state index in [-0.39, 0.29) is 11.9 Å². The number of carbonyl (C=O) groups is 1. The van der Waals surface area contributed by atoms with Crippen LogP contribution in [0.2, 0.25) is 0 Å². The Hall–Kier alpha value is -2.24. The number of hydrogen-bond donors (Lipinski definition) is 2. The van der Waals surface area contributed by atoms with Crippen molar-refractivity contribution in [3.05, 3.63) is 29.8 Å². The molecule has 1 unspecified atom stereocenters. The molecule has 1 saturated heterocycles. The third-order valence-corrected chi connectivity index (χ3v) is 4.40. The van der Waals surface area contributed by atoms with Gasteiger partial charge in [-0.25, -0.2) is 0 Å². The van der Waals surface area contributed by atoms with Crippen LogP contribution in [0.15, 0.2) is 29.3 Å². The lowest BCUT2D eigenvalue weighted by molar-refractivity contribution is -0.129. The number of carbonyl (C=O) groups excluding carboxylic acids is 1. The molecule has 2 rings (SSSR count). The number of benzene rings is 1. The number of guanidine groups is 1. The van der Waals surface area contributed by atoms with Gasteiger partial charge in [0.1, 0.15) is 5.75 Å². The molecule has 6 heteroatoms. The van der Waals surface area contributed by atoms with Gasteiger partial charge in [-0.2, -0.15) is 0 Å². The van der Waals surface area contributed by atoms with Crippen LogP contribution < -0.4 is 15.4 Å². The molecule has 0 radical (unpaired) electrons. The van der Waals surface area contributed by atoms with E-state index in [4.69, 9.17) is 4.74 Å². The molecule has 0 bridgehead atoms. The van der Waals surface area contributed by atoms with Crippen LogP contribution in [-0.4, -0.2) is 49.6 Å². The van der Waals surface area contributed by atoms with Crippen molar-refractivity contribution in [3.8, 4) is 5.75 Å². The Morgan fingerprint density at radius 1 is 1.38 bits per heavy atom. The number of hydrogen-bond acceptors (Lipinski definition) is 3. The smallest absolute Gasteiger partial charge is 0.222 e. The zero-order valence-electron chi connectivity index (χ0n) is 16.4. The van der Waals surface area contributed by atoms with Crippen molar-refractivity contribution < 1.29 is 9.53 Å². The molecule has 0 aromatic heterocycles. The van der Waals surface area contributed by atoms with Crippen molar-refractivity contribution in [3.63, 3.8) is 0 Å². The molecule has 1 aliphatic heterocycles. The van der Waals surface area contributed by atoms with Crippen LogP contribution in [0.25, 0.3) is 0 Å². The van der Waals surface area contributed by atoms with Crippen molar-refractivity contribution >= 4 is 11.9 Å². The Bertz CT molecular complexity index is 616. The summed E-state index contributed by atoms with van der Waals surface area (Å²) in [4.78, 5) is 18.0. The number of nitrogens with zero attached hydrogens (tertiary/aromatic N) is 2. The summed E-state index contributed by atoms with van der Waals surface area (Å²) >= 11 is 0. The number of amides is 1. The van der Waals surface area contributed by atoms with Crippen molar-refractivity contribution in [2.75, 3.05) is 26.7 Å². The van der Waals surface area contributed by atoms with Crippen LogP contribution in [0.3, 0.4) is 0 Å². The molecular formula is C20H32N4O2. The van der Waals surface area contributed by atoms with Crippen LogP contribution in [0.4, 0.5) is 0 Å². The number of aliphatic imine (C=N–C) groups is 1. The maximum Gasteiger partial charge on any atom is 0.222 e. The first kappa shape index (κ1) is 20.1. The number of rotatable bonds is 7. The van der Waals surface area contributed by atoms with Crippen molar-refractivity contribution in [2.45, 2.75) is 46.2 Å². The lowest BCUT2D eigenvalue weighted by Gasteiger charge is -2.19. The molecule has 6 nitrogen and oxygen atoms in total. The zero-order chi connectivity index (χ0) is 18.9. The Kier molecular flexibility index (Phi) is 7.75. The zero-order valence-corrected chi connectivity index (χ0v) is 16.4. The standard InChI is InChI=1S/C20H32N4O2/c1-5-19(25)24-11-10-17(13-24)23-20(21-4)22-12-16-8-6-7-9-18(16)26-14-15(2)3/h6-9,15,17H,5,10-14H2,1-4H3,(H2,21,22,23). The number of likely N-dealkylation sites (tertiary alicyclic amines) is 1. The second-order valence-corrected chi connectivity index (χ2v) is 7.06. The SMILES string of the molecule is CCC(=O)N1CCC(NC(=NC)NCc2ccccc2OCC(C)C)C1. The van der Waals surface area contributed by atoms with Gasteiger partial charge >= 0.3 is 0 Å². The summed E-state index contributed by atoms with van der Waals surface area (Å²) in [5.74, 6) is 2.36. The van der Waals surface area contributed by atoms with Gasteiger partial charge in [0.15, 0.2) is 5.96 Å². The van der Waals surface area contributed by atoms with Crippen LogP contribution in [0, 0.1) is 5.92 Å². The lowest BCUT2D eigenvalue weighted by Crippen LogP contribution is -2.44. The molecule has 1 heterocycles. The van der Waals surface area contributed by atoms with E-state index in [1.165, 1.54) is 0 Å². The van der Waals surface area contributed by atoms with Crippen LogP contribution in [0.5, 0.6) is 5.75 Å². The predicted molar refractivity (Wildman–Crippen MR) is 105 cm³/mol. The van der Waals surface area contributed by atoms with E-state index < -0.39 is 0 Å². The Labute approximate surface area is 157 Å². The van der Waals surface area contributed by atoms with Gasteiger partial charge in [0.25, 0.3) is 0 Å². The second-order valence-electron chi connectivity index (χ2n) is 7.06. The van der Waals surface area contributed by atoms with E-state index in [0.717, 1.165) is 36.8 Å². The third-order valence-electron chi connectivity index (χ3n) is 4.40. The summed E-state index contributed by atoms with van der Waals surface area (Å²) in [6, 6.07) is 8.31. The molecule has 1 amide bonds. The average Bonchev–Trinajstić information content (AvgIpc) is 3.11. The first-order valence-electron chi connectivity index (χ1n) is 9.49. The van der Waals surface area contributed by atoms with Gasteiger partial charge < -0.3 is 20.3 Å². The van der Waals surface area contributed by atoms with E-state index in [1.54, 1.807) is 7.05 Å². The summed E-state index contributed by atoms with van der Waals surface area (Å²) in [5, 5.41) is 6.77. The third kappa shape index (κ3) is 5.93. The Morgan fingerprint density at radius 2 is 2.15 bits per heavy atom. The number of ether oxygens (including phenoxy) is 1. The second kappa shape index (κ2) is 10.0. The normalized spacial score (nSPS) is 17.5. The summed E-state index contributed by atoms with van der Waals surface area (Å²) < 4.78 is 5.91. The molecule has 144 valence electrons. The largest absolute Gasteiger partial charge is 0.493 e. The van der Waals surface area contributed by atoms with Crippen molar-refractivity contribution in [1.29, 1.82) is 0 Å². The monoisotopic (exact) mass is 360 g/mol. The van der Waals surface area contributed by atoms with Gasteiger partial charge in [-0.15, -0.1) is 0 Å². The highest BCUT2D eigenvalue weighted by atomic mass is 16.5. The molecule has 1 aromatic carbocycles. The molecule has 0 spiro atoms. The molecule has 0 saturated carbocycles. The average molecular weight is 361 g/mol. The highest BCUT2D eigenvalue weighted by Gasteiger charge is 2.25. The summed E-state index contributed by atoms with van der Waals surface area (Å²) in [6.45, 7) is 9.07. The molecule has 26 heavy (non-hydrogen) atoms. The first-order valence-corrected chi connectivity index (χ1v) is 9.49. The fourth-order valence-electron chi connectivity index (χ4n) is 2.94. The van der Waals surface area contributed by atoms with Crippen LogP contribution >= 0.6 is 0 Å². The summed E-state index contributed by atoms with van der Waals surface area (Å²) in [6.07, 6.45) is 1.51. The molecule has 2 N–H and O–H groups in total. The molecule has 1 atom stereocenters. The van der Waals surface area contributed by atoms with Gasteiger partial charge in [0.05, 0.1) is 6.61 Å². The summed E-state index contributed by atoms with van der Waals surface area (Å²) in [5.41, 5.74) is 1.10. The van der Waals surface area contributed by atoms with E-state index in [0.29, 0.717) is 25.5 Å². The quantitative estimate of drug-likeness (QED) is 0.579. The first-order chi connectivity index (χ1) is 12.5. The van der Waals surface area contributed by atoms with E-state index >= 15 is 0 Å². The minimum absolute atomic E-state index is 0.216. The van der Waals surface area contributed by atoms with E-state index in [1.807, 2.05) is 30.0 Å². The van der Waals surface area contributed by atoms with Gasteiger partial charge in [0, 0.05) is 44.7 Å². The van der Waals surface area contributed by atoms with Crippen molar-refractivity contribution in [1.82, 2.24) is 15.5 Å². The molecular weight excluding hydrogens is 328 g/mol. The maximum atomic E-state index is 11.8. The Balaban J connectivity index is 1.87. The minimum atomic E-state index is 0.216. The Morgan fingerprint density at radius 3 is 2.85 bits per heavy atom. The molecule has 1 aliphatic rings. The van der Waals surface area contributed by atoms with E-state index in [9.17, 15) is 4.79 Å². The topological polar surface area (TPSA) is 66.0 Å². The van der Waals surface area contributed by atoms with Crippen LogP contribution in [0.1, 0.15) is 39.2 Å². The highest BCUT2D eigenvalue weighted by Crippen LogP contribution is 2.18. The van der Waals surface area contributed by atoms with E-state index in [2.05, 4.69) is 35.5 Å². The maximum absolute atomic E-state index is 11.8. The minimum Gasteiger partial charge on any atom is -0.493 e. The number of nitrogens with one attached hydrogen (secondary N) is 2. The lowest BCUT2D eigenvalue weighted by atomic mass is 10.2. The highest BCUT2D eigenvalue weighted by molar-refractivity contribution is 5.80. The molecule has 1 fully saturated rings. The predicted octanol–water partition coefficient (Wildman–Crippen LogP) is 2.40.